The largest absolute Gasteiger partial charge is 0.302 e. The first-order chi connectivity index (χ1) is 14.6. The molecule has 2 bridgehead atoms. The van der Waals surface area contributed by atoms with Crippen LogP contribution in [0.2, 0.25) is 0 Å². The molecule has 7 rings (SSSR count). The fourth-order valence-electron chi connectivity index (χ4n) is 5.90. The van der Waals surface area contributed by atoms with Crippen molar-refractivity contribution in [2.75, 3.05) is 4.90 Å². The highest BCUT2D eigenvalue weighted by Gasteiger charge is 2.68. The third-order valence-electron chi connectivity index (χ3n) is 6.96. The maximum absolute atomic E-state index is 13.8. The average Bonchev–Trinajstić information content (AvgIpc) is 3.05. The van der Waals surface area contributed by atoms with Gasteiger partial charge in [-0.1, -0.05) is 60.7 Å². The summed E-state index contributed by atoms with van der Waals surface area (Å²) in [7, 11) is 0. The lowest BCUT2D eigenvalue weighted by Gasteiger charge is -2.51. The molecule has 0 saturated carbocycles. The third kappa shape index (κ3) is 1.89. The van der Waals surface area contributed by atoms with E-state index in [0.29, 0.717) is 10.2 Å². The van der Waals surface area contributed by atoms with Crippen LogP contribution >= 0.6 is 15.9 Å². The van der Waals surface area contributed by atoms with E-state index in [9.17, 15) is 14.4 Å². The normalized spacial score (nSPS) is 28.2. The molecule has 0 N–H and O–H groups in total. The molecule has 4 nitrogen and oxygen atoms in total. The maximum atomic E-state index is 13.8. The summed E-state index contributed by atoms with van der Waals surface area (Å²) in [6.07, 6.45) is 0.895. The van der Waals surface area contributed by atoms with Crippen LogP contribution in [0.1, 0.15) is 28.2 Å². The fourth-order valence-corrected chi connectivity index (χ4v) is 6.36. The lowest BCUT2D eigenvalue weighted by Crippen LogP contribution is -2.54. The van der Waals surface area contributed by atoms with Crippen molar-refractivity contribution in [1.29, 1.82) is 0 Å². The van der Waals surface area contributed by atoms with Gasteiger partial charge in [0.25, 0.3) is 0 Å². The Morgan fingerprint density at radius 3 is 1.97 bits per heavy atom. The molecule has 3 aromatic carbocycles. The van der Waals surface area contributed by atoms with E-state index < -0.39 is 17.3 Å². The zero-order chi connectivity index (χ0) is 20.6. The number of hydrogen-bond donors (Lipinski definition) is 0. The molecular formula is C25H16BrNO3. The van der Waals surface area contributed by atoms with Gasteiger partial charge in [0.2, 0.25) is 11.8 Å². The van der Waals surface area contributed by atoms with Crippen molar-refractivity contribution in [3.05, 3.63) is 99.5 Å². The molecule has 5 heteroatoms. The van der Waals surface area contributed by atoms with Crippen molar-refractivity contribution >= 4 is 39.7 Å². The SMILES string of the molecule is O=CC12c3ccccc3C(c3ccccc31)[C@H]1C(=O)N(c3ccccc3Br)C(=O)[C@@H]12. The first kappa shape index (κ1) is 17.8. The van der Waals surface area contributed by atoms with E-state index in [1.807, 2.05) is 60.7 Å². The van der Waals surface area contributed by atoms with Crippen LogP contribution in [0.4, 0.5) is 5.69 Å². The van der Waals surface area contributed by atoms with E-state index in [1.54, 1.807) is 12.1 Å². The monoisotopic (exact) mass is 457 g/mol. The number of amides is 2. The number of carbonyl (C=O) groups excluding carboxylic acids is 3. The van der Waals surface area contributed by atoms with Gasteiger partial charge in [0.1, 0.15) is 6.29 Å². The van der Waals surface area contributed by atoms with Crippen LogP contribution in [0, 0.1) is 11.8 Å². The van der Waals surface area contributed by atoms with E-state index >= 15 is 0 Å². The van der Waals surface area contributed by atoms with E-state index in [4.69, 9.17) is 0 Å². The number of aldehydes is 1. The molecule has 1 aliphatic heterocycles. The van der Waals surface area contributed by atoms with E-state index in [2.05, 4.69) is 15.9 Å². The highest BCUT2D eigenvalue weighted by atomic mass is 79.9. The Labute approximate surface area is 181 Å². The second kappa shape index (κ2) is 5.99. The maximum Gasteiger partial charge on any atom is 0.239 e. The standard InChI is InChI=1S/C25H16BrNO3/c26-18-11-5-6-12-19(18)27-23(29)21-20-14-7-1-3-9-16(14)25(13-28,22(21)24(27)30)17-10-4-2-8-15(17)20/h1-13,20-22H/t20?,21-,22-,25?/m1/s1. The number of halogens is 1. The molecular weight excluding hydrogens is 442 g/mol. The summed E-state index contributed by atoms with van der Waals surface area (Å²) < 4.78 is 0.674. The first-order valence-corrected chi connectivity index (χ1v) is 10.7. The summed E-state index contributed by atoms with van der Waals surface area (Å²) in [5.41, 5.74) is 3.00. The minimum Gasteiger partial charge on any atom is -0.302 e. The Hall–Kier alpha value is -3.05. The number of rotatable bonds is 2. The Morgan fingerprint density at radius 2 is 1.37 bits per heavy atom. The molecule has 1 fully saturated rings. The van der Waals surface area contributed by atoms with Gasteiger partial charge in [0.05, 0.1) is 22.9 Å². The molecule has 4 aliphatic rings. The van der Waals surface area contributed by atoms with Crippen LogP contribution in [-0.2, 0) is 19.8 Å². The molecule has 0 unspecified atom stereocenters. The van der Waals surface area contributed by atoms with E-state index in [-0.39, 0.29) is 17.7 Å². The van der Waals surface area contributed by atoms with Gasteiger partial charge >= 0.3 is 0 Å². The number of benzene rings is 3. The van der Waals surface area contributed by atoms with E-state index in [1.165, 1.54) is 4.90 Å². The summed E-state index contributed by atoms with van der Waals surface area (Å²) in [4.78, 5) is 41.7. The summed E-state index contributed by atoms with van der Waals surface area (Å²) >= 11 is 3.48. The zero-order valence-electron chi connectivity index (χ0n) is 15.8. The molecule has 0 aromatic heterocycles. The van der Waals surface area contributed by atoms with Gasteiger partial charge in [-0.3, -0.25) is 9.59 Å². The minimum atomic E-state index is -1.16. The molecule has 1 heterocycles. The quantitative estimate of drug-likeness (QED) is 0.428. The topological polar surface area (TPSA) is 54.5 Å². The third-order valence-corrected chi connectivity index (χ3v) is 7.63. The number of hydrogen-bond acceptors (Lipinski definition) is 3. The van der Waals surface area contributed by atoms with Gasteiger partial charge < -0.3 is 4.79 Å². The summed E-state index contributed by atoms with van der Waals surface area (Å²) in [6.45, 7) is 0. The molecule has 2 amide bonds. The Kier molecular flexibility index (Phi) is 3.55. The number of para-hydroxylation sites is 1. The van der Waals surface area contributed by atoms with Gasteiger partial charge in [-0.05, 0) is 50.3 Å². The lowest BCUT2D eigenvalue weighted by atomic mass is 9.48. The minimum absolute atomic E-state index is 0.239. The van der Waals surface area contributed by atoms with Crippen molar-refractivity contribution in [2.24, 2.45) is 11.8 Å². The first-order valence-electron chi connectivity index (χ1n) is 9.88. The van der Waals surface area contributed by atoms with Crippen LogP contribution in [0.15, 0.2) is 77.3 Å². The van der Waals surface area contributed by atoms with Gasteiger partial charge in [-0.25, -0.2) is 4.90 Å². The Balaban J connectivity index is 1.67. The van der Waals surface area contributed by atoms with Crippen molar-refractivity contribution in [2.45, 2.75) is 11.3 Å². The highest BCUT2D eigenvalue weighted by Crippen LogP contribution is 2.63. The van der Waals surface area contributed by atoms with Gasteiger partial charge in [0.15, 0.2) is 0 Å². The Morgan fingerprint density at radius 1 is 0.800 bits per heavy atom. The number of imide groups is 1. The summed E-state index contributed by atoms with van der Waals surface area (Å²) in [6, 6.07) is 22.7. The van der Waals surface area contributed by atoms with Crippen LogP contribution in [-0.4, -0.2) is 18.1 Å². The molecule has 0 radical (unpaired) electrons. The number of anilines is 1. The van der Waals surface area contributed by atoms with Crippen molar-refractivity contribution in [1.82, 2.24) is 0 Å². The predicted molar refractivity (Wildman–Crippen MR) is 115 cm³/mol. The van der Waals surface area contributed by atoms with Crippen molar-refractivity contribution < 1.29 is 14.4 Å². The van der Waals surface area contributed by atoms with Crippen LogP contribution < -0.4 is 4.90 Å². The lowest BCUT2D eigenvalue weighted by molar-refractivity contribution is -0.128. The average molecular weight is 458 g/mol. The van der Waals surface area contributed by atoms with Crippen molar-refractivity contribution in [3.63, 3.8) is 0 Å². The van der Waals surface area contributed by atoms with E-state index in [0.717, 1.165) is 28.5 Å². The molecule has 1 saturated heterocycles. The second-order valence-electron chi connectivity index (χ2n) is 8.11. The second-order valence-corrected chi connectivity index (χ2v) is 8.96. The molecule has 3 aliphatic carbocycles. The highest BCUT2D eigenvalue weighted by molar-refractivity contribution is 9.10. The summed E-state index contributed by atoms with van der Waals surface area (Å²) in [5, 5.41) is 0. The molecule has 146 valence electrons. The molecule has 2 atom stereocenters. The number of carbonyl (C=O) groups is 3. The molecule has 3 aromatic rings. The summed E-state index contributed by atoms with van der Waals surface area (Å²) in [5.74, 6) is -2.13. The van der Waals surface area contributed by atoms with Crippen LogP contribution in [0.25, 0.3) is 0 Å². The van der Waals surface area contributed by atoms with Crippen LogP contribution in [0.3, 0.4) is 0 Å². The molecule has 30 heavy (non-hydrogen) atoms. The Bertz CT molecular complexity index is 1220. The smallest absolute Gasteiger partial charge is 0.239 e. The number of nitrogens with zero attached hydrogens (tertiary/aromatic N) is 1. The zero-order valence-corrected chi connectivity index (χ0v) is 17.4. The van der Waals surface area contributed by atoms with Gasteiger partial charge in [0, 0.05) is 10.4 Å². The van der Waals surface area contributed by atoms with Gasteiger partial charge in [-0.2, -0.15) is 0 Å². The van der Waals surface area contributed by atoms with Crippen LogP contribution in [0.5, 0.6) is 0 Å². The molecule has 0 spiro atoms. The fraction of sp³-hybridized carbons (Fsp3) is 0.160. The predicted octanol–water partition coefficient (Wildman–Crippen LogP) is 4.20. The van der Waals surface area contributed by atoms with Crippen molar-refractivity contribution in [3.8, 4) is 0 Å². The van der Waals surface area contributed by atoms with Gasteiger partial charge in [-0.15, -0.1) is 0 Å².